The number of ether oxygens (including phenoxy) is 3. The molecule has 0 aliphatic carbocycles. The number of hydrogen-bond acceptors (Lipinski definition) is 7. The minimum Gasteiger partial charge on any atom is -0.497 e. The van der Waals surface area contributed by atoms with Crippen LogP contribution < -0.4 is 9.64 Å². The molecule has 2 aromatic rings. The number of anilines is 1. The number of aliphatic imine (C=N–C) groups is 1. The number of carbonyl (C=O) groups excluding carboxylic acids is 1. The Bertz CT molecular complexity index is 881. The summed E-state index contributed by atoms with van der Waals surface area (Å²) in [5.41, 5.74) is 1.01. The fourth-order valence-corrected chi connectivity index (χ4v) is 3.79. The van der Waals surface area contributed by atoms with E-state index >= 15 is 0 Å². The topological polar surface area (TPSA) is 60.4 Å². The first-order chi connectivity index (χ1) is 12.7. The number of rotatable bonds is 4. The van der Waals surface area contributed by atoms with Crippen LogP contribution in [0.15, 0.2) is 47.1 Å². The van der Waals surface area contributed by atoms with Gasteiger partial charge in [0.15, 0.2) is 5.70 Å². The Morgan fingerprint density at radius 2 is 2.08 bits per heavy atom. The molecule has 1 aromatic heterocycles. The summed E-state index contributed by atoms with van der Waals surface area (Å²) < 4.78 is 15.9. The smallest absolute Gasteiger partial charge is 0.363 e. The van der Waals surface area contributed by atoms with Crippen LogP contribution in [0.4, 0.5) is 5.00 Å². The minimum absolute atomic E-state index is 0.296. The lowest BCUT2D eigenvalue weighted by Crippen LogP contribution is -2.35. The van der Waals surface area contributed by atoms with Gasteiger partial charge in [0.05, 0.1) is 25.3 Å². The summed E-state index contributed by atoms with van der Waals surface area (Å²) >= 11 is 1.63. The number of hydrogen-bond donors (Lipinski definition) is 0. The summed E-state index contributed by atoms with van der Waals surface area (Å²) in [4.78, 5) is 19.8. The zero-order chi connectivity index (χ0) is 17.9. The molecule has 1 fully saturated rings. The Morgan fingerprint density at radius 1 is 1.23 bits per heavy atom. The highest BCUT2D eigenvalue weighted by Gasteiger charge is 2.24. The molecule has 3 heterocycles. The van der Waals surface area contributed by atoms with Crippen LogP contribution in [0.5, 0.6) is 5.75 Å². The highest BCUT2D eigenvalue weighted by molar-refractivity contribution is 7.16. The van der Waals surface area contributed by atoms with Crippen molar-refractivity contribution in [3.8, 4) is 5.75 Å². The lowest BCUT2D eigenvalue weighted by Gasteiger charge is -2.27. The molecule has 0 atom stereocenters. The summed E-state index contributed by atoms with van der Waals surface area (Å²) in [7, 11) is 1.59. The van der Waals surface area contributed by atoms with Crippen LogP contribution in [0.2, 0.25) is 0 Å². The fourth-order valence-electron chi connectivity index (χ4n) is 2.80. The van der Waals surface area contributed by atoms with Crippen LogP contribution >= 0.6 is 11.3 Å². The summed E-state index contributed by atoms with van der Waals surface area (Å²) in [5, 5.41) is 1.17. The maximum atomic E-state index is 12.2. The molecule has 2 aliphatic rings. The van der Waals surface area contributed by atoms with Gasteiger partial charge in [-0.2, -0.15) is 0 Å². The van der Waals surface area contributed by atoms with E-state index in [1.54, 1.807) is 30.6 Å². The lowest BCUT2D eigenvalue weighted by molar-refractivity contribution is -0.129. The maximum absolute atomic E-state index is 12.2. The van der Waals surface area contributed by atoms with Gasteiger partial charge in [0, 0.05) is 23.5 Å². The van der Waals surface area contributed by atoms with Gasteiger partial charge in [-0.3, -0.25) is 0 Å². The van der Waals surface area contributed by atoms with Crippen LogP contribution in [-0.2, 0) is 14.3 Å². The van der Waals surface area contributed by atoms with E-state index in [0.29, 0.717) is 22.9 Å². The number of carbonyl (C=O) groups is 1. The first-order valence-corrected chi connectivity index (χ1v) is 9.14. The van der Waals surface area contributed by atoms with Crippen molar-refractivity contribution in [1.82, 2.24) is 0 Å². The van der Waals surface area contributed by atoms with Crippen molar-refractivity contribution in [3.05, 3.63) is 52.5 Å². The Morgan fingerprint density at radius 3 is 2.88 bits per heavy atom. The third kappa shape index (κ3) is 3.49. The molecule has 26 heavy (non-hydrogen) atoms. The fraction of sp³-hybridized carbons (Fsp3) is 0.263. The summed E-state index contributed by atoms with van der Waals surface area (Å²) in [6.07, 6.45) is 1.77. The van der Waals surface area contributed by atoms with Crippen LogP contribution in [0.3, 0.4) is 0 Å². The Labute approximate surface area is 155 Å². The minimum atomic E-state index is -0.441. The third-order valence-electron chi connectivity index (χ3n) is 4.15. The second-order valence-corrected chi connectivity index (χ2v) is 6.94. The second-order valence-electron chi connectivity index (χ2n) is 5.84. The van der Waals surface area contributed by atoms with E-state index in [-0.39, 0.29) is 0 Å². The van der Waals surface area contributed by atoms with E-state index in [4.69, 9.17) is 14.2 Å². The Kier molecular flexibility index (Phi) is 4.73. The quantitative estimate of drug-likeness (QED) is 0.612. The van der Waals surface area contributed by atoms with Crippen molar-refractivity contribution in [2.45, 2.75) is 0 Å². The molecule has 1 saturated heterocycles. The third-order valence-corrected chi connectivity index (χ3v) is 5.24. The van der Waals surface area contributed by atoms with Gasteiger partial charge < -0.3 is 19.1 Å². The maximum Gasteiger partial charge on any atom is 0.363 e. The molecule has 6 nitrogen and oxygen atoms in total. The zero-order valence-electron chi connectivity index (χ0n) is 14.3. The first kappa shape index (κ1) is 16.8. The van der Waals surface area contributed by atoms with Gasteiger partial charge >= 0.3 is 5.97 Å². The molecule has 0 spiro atoms. The van der Waals surface area contributed by atoms with Crippen LogP contribution in [0.1, 0.15) is 10.4 Å². The standard InChI is InChI=1S/C19H18N2O4S/c1-23-14-4-2-3-13(11-14)18-20-16(19(22)25-18)12-15-5-6-17(26-15)21-7-9-24-10-8-21/h2-6,11-12H,7-10H2,1H3/b16-12+. The highest BCUT2D eigenvalue weighted by Crippen LogP contribution is 2.30. The van der Waals surface area contributed by atoms with Gasteiger partial charge in [0.25, 0.3) is 0 Å². The van der Waals surface area contributed by atoms with E-state index in [2.05, 4.69) is 16.0 Å². The van der Waals surface area contributed by atoms with Crippen molar-refractivity contribution in [2.24, 2.45) is 4.99 Å². The Hall–Kier alpha value is -2.64. The molecular formula is C19H18N2O4S. The summed E-state index contributed by atoms with van der Waals surface area (Å²) in [6, 6.07) is 11.3. The van der Waals surface area contributed by atoms with Crippen molar-refractivity contribution >= 4 is 34.3 Å². The van der Waals surface area contributed by atoms with Gasteiger partial charge in [0.1, 0.15) is 5.75 Å². The first-order valence-electron chi connectivity index (χ1n) is 8.32. The van der Waals surface area contributed by atoms with E-state index in [1.807, 2.05) is 24.3 Å². The molecule has 7 heteroatoms. The van der Waals surface area contributed by atoms with E-state index < -0.39 is 5.97 Å². The number of esters is 1. The summed E-state index contributed by atoms with van der Waals surface area (Å²) in [5.74, 6) is 0.543. The molecule has 0 radical (unpaired) electrons. The predicted octanol–water partition coefficient (Wildman–Crippen LogP) is 2.94. The van der Waals surface area contributed by atoms with Gasteiger partial charge in [0.2, 0.25) is 5.90 Å². The summed E-state index contributed by atoms with van der Waals surface area (Å²) in [6.45, 7) is 3.26. The van der Waals surface area contributed by atoms with Gasteiger partial charge in [-0.1, -0.05) is 6.07 Å². The molecule has 0 N–H and O–H groups in total. The monoisotopic (exact) mass is 370 g/mol. The Balaban J connectivity index is 1.56. The highest BCUT2D eigenvalue weighted by atomic mass is 32.1. The number of nitrogens with zero attached hydrogens (tertiary/aromatic N) is 2. The lowest BCUT2D eigenvalue weighted by atomic mass is 10.2. The molecule has 0 bridgehead atoms. The van der Waals surface area contributed by atoms with Gasteiger partial charge in [-0.05, 0) is 36.4 Å². The largest absolute Gasteiger partial charge is 0.497 e. The van der Waals surface area contributed by atoms with E-state index in [0.717, 1.165) is 31.2 Å². The molecule has 0 saturated carbocycles. The predicted molar refractivity (Wildman–Crippen MR) is 101 cm³/mol. The van der Waals surface area contributed by atoms with E-state index in [1.165, 1.54) is 5.00 Å². The number of thiophene rings is 1. The van der Waals surface area contributed by atoms with Crippen LogP contribution in [0.25, 0.3) is 6.08 Å². The molecule has 0 amide bonds. The van der Waals surface area contributed by atoms with Crippen molar-refractivity contribution < 1.29 is 19.0 Å². The second kappa shape index (κ2) is 7.31. The number of morpholine rings is 1. The van der Waals surface area contributed by atoms with Gasteiger partial charge in [-0.15, -0.1) is 11.3 Å². The van der Waals surface area contributed by atoms with Crippen molar-refractivity contribution in [2.75, 3.05) is 38.3 Å². The molecular weight excluding hydrogens is 352 g/mol. The van der Waals surface area contributed by atoms with E-state index in [9.17, 15) is 4.79 Å². The molecule has 4 rings (SSSR count). The number of cyclic esters (lactones) is 1. The van der Waals surface area contributed by atoms with Gasteiger partial charge in [-0.25, -0.2) is 9.79 Å². The molecule has 1 aromatic carbocycles. The molecule has 0 unspecified atom stereocenters. The number of methoxy groups -OCH3 is 1. The molecule has 2 aliphatic heterocycles. The van der Waals surface area contributed by atoms with Crippen LogP contribution in [0, 0.1) is 0 Å². The van der Waals surface area contributed by atoms with Crippen LogP contribution in [-0.4, -0.2) is 45.3 Å². The number of benzene rings is 1. The SMILES string of the molecule is COc1cccc(C2=N/C(=C/c3ccc(N4CCOCC4)s3)C(=O)O2)c1. The van der Waals surface area contributed by atoms with Crippen molar-refractivity contribution in [3.63, 3.8) is 0 Å². The van der Waals surface area contributed by atoms with Crippen molar-refractivity contribution in [1.29, 1.82) is 0 Å². The average Bonchev–Trinajstić information content (AvgIpc) is 3.30. The normalized spacial score (nSPS) is 18.8. The molecule has 134 valence electrons. The average molecular weight is 370 g/mol. The zero-order valence-corrected chi connectivity index (χ0v) is 15.1.